The van der Waals surface area contributed by atoms with Crippen molar-refractivity contribution in [2.75, 3.05) is 13.1 Å². The van der Waals surface area contributed by atoms with Gasteiger partial charge in [-0.3, -0.25) is 4.90 Å². The van der Waals surface area contributed by atoms with Crippen molar-refractivity contribution in [3.8, 4) is 0 Å². The molecule has 102 valence electrons. The fraction of sp³-hybridized carbons (Fsp3) is 1.00. The highest BCUT2D eigenvalue weighted by Gasteiger charge is 2.31. The molecular weight excluding hydrogens is 208 g/mol. The molecule has 0 bridgehead atoms. The van der Waals surface area contributed by atoms with Crippen molar-refractivity contribution in [2.24, 2.45) is 11.8 Å². The van der Waals surface area contributed by atoms with Crippen LogP contribution in [-0.4, -0.2) is 35.6 Å². The van der Waals surface area contributed by atoms with E-state index >= 15 is 0 Å². The molecule has 2 nitrogen and oxygen atoms in total. The van der Waals surface area contributed by atoms with Crippen molar-refractivity contribution in [1.82, 2.24) is 10.2 Å². The molecular formula is C15H32N2. The summed E-state index contributed by atoms with van der Waals surface area (Å²) in [6.07, 6.45) is 1.39. The van der Waals surface area contributed by atoms with Gasteiger partial charge in [0.05, 0.1) is 0 Å². The van der Waals surface area contributed by atoms with Crippen LogP contribution in [0.25, 0.3) is 0 Å². The van der Waals surface area contributed by atoms with Crippen molar-refractivity contribution in [2.45, 2.75) is 72.5 Å². The maximum Gasteiger partial charge on any atom is 0.0195 e. The maximum atomic E-state index is 3.63. The van der Waals surface area contributed by atoms with Gasteiger partial charge in [-0.05, 0) is 52.9 Å². The van der Waals surface area contributed by atoms with E-state index in [1.807, 2.05) is 0 Å². The average Bonchev–Trinajstić information content (AvgIpc) is 2.19. The molecule has 1 rings (SSSR count). The summed E-state index contributed by atoms with van der Waals surface area (Å²) < 4.78 is 0. The summed E-state index contributed by atoms with van der Waals surface area (Å²) in [5, 5.41) is 3.63. The minimum atomic E-state index is 0.227. The standard InChI is InChI=1S/C15H32N2/c1-11-8-12(2)14(4)17(10-11)13(3)9-16-15(5,6)7/h11-14,16H,8-10H2,1-7H3. The first-order valence-corrected chi connectivity index (χ1v) is 7.21. The van der Waals surface area contributed by atoms with E-state index in [2.05, 4.69) is 58.7 Å². The van der Waals surface area contributed by atoms with Gasteiger partial charge in [0.25, 0.3) is 0 Å². The van der Waals surface area contributed by atoms with E-state index in [0.717, 1.165) is 24.4 Å². The molecule has 0 amide bonds. The summed E-state index contributed by atoms with van der Waals surface area (Å²) >= 11 is 0. The van der Waals surface area contributed by atoms with Crippen LogP contribution in [0.1, 0.15) is 54.9 Å². The topological polar surface area (TPSA) is 15.3 Å². The van der Waals surface area contributed by atoms with Crippen LogP contribution in [0.3, 0.4) is 0 Å². The van der Waals surface area contributed by atoms with Crippen LogP contribution >= 0.6 is 0 Å². The molecule has 4 atom stereocenters. The second-order valence-electron chi connectivity index (χ2n) is 7.24. The fourth-order valence-electron chi connectivity index (χ4n) is 2.91. The third-order valence-corrected chi connectivity index (χ3v) is 4.14. The molecule has 0 aromatic carbocycles. The van der Waals surface area contributed by atoms with Crippen molar-refractivity contribution >= 4 is 0 Å². The van der Waals surface area contributed by atoms with E-state index in [1.54, 1.807) is 0 Å². The molecule has 0 radical (unpaired) electrons. The van der Waals surface area contributed by atoms with E-state index in [-0.39, 0.29) is 5.54 Å². The summed E-state index contributed by atoms with van der Waals surface area (Å²) in [6, 6.07) is 1.36. The summed E-state index contributed by atoms with van der Waals surface area (Å²) in [6.45, 7) is 18.6. The predicted molar refractivity (Wildman–Crippen MR) is 76.3 cm³/mol. The van der Waals surface area contributed by atoms with Gasteiger partial charge in [0.15, 0.2) is 0 Å². The Labute approximate surface area is 108 Å². The van der Waals surface area contributed by atoms with Gasteiger partial charge in [-0.25, -0.2) is 0 Å². The lowest BCUT2D eigenvalue weighted by molar-refractivity contribution is 0.0444. The predicted octanol–water partition coefficient (Wildman–Crippen LogP) is 3.13. The van der Waals surface area contributed by atoms with Gasteiger partial charge in [0.2, 0.25) is 0 Å². The Kier molecular flexibility index (Phi) is 5.03. The van der Waals surface area contributed by atoms with Crippen molar-refractivity contribution in [1.29, 1.82) is 0 Å². The second-order valence-corrected chi connectivity index (χ2v) is 7.24. The summed E-state index contributed by atoms with van der Waals surface area (Å²) in [7, 11) is 0. The van der Waals surface area contributed by atoms with Gasteiger partial charge in [-0.1, -0.05) is 13.8 Å². The number of hydrogen-bond donors (Lipinski definition) is 1. The third kappa shape index (κ3) is 4.59. The van der Waals surface area contributed by atoms with Gasteiger partial charge < -0.3 is 5.32 Å². The van der Waals surface area contributed by atoms with E-state index in [4.69, 9.17) is 0 Å². The Morgan fingerprint density at radius 2 is 1.82 bits per heavy atom. The van der Waals surface area contributed by atoms with Crippen molar-refractivity contribution in [3.05, 3.63) is 0 Å². The van der Waals surface area contributed by atoms with Gasteiger partial charge >= 0.3 is 0 Å². The number of hydrogen-bond acceptors (Lipinski definition) is 2. The van der Waals surface area contributed by atoms with Gasteiger partial charge in [0.1, 0.15) is 0 Å². The zero-order chi connectivity index (χ0) is 13.2. The Morgan fingerprint density at radius 1 is 1.24 bits per heavy atom. The number of likely N-dealkylation sites (tertiary alicyclic amines) is 1. The molecule has 0 aromatic heterocycles. The molecule has 4 unspecified atom stereocenters. The van der Waals surface area contributed by atoms with Crippen LogP contribution in [0.5, 0.6) is 0 Å². The number of nitrogens with zero attached hydrogens (tertiary/aromatic N) is 1. The summed E-state index contributed by atoms with van der Waals surface area (Å²) in [4.78, 5) is 2.69. The fourth-order valence-corrected chi connectivity index (χ4v) is 2.91. The Morgan fingerprint density at radius 3 is 2.35 bits per heavy atom. The van der Waals surface area contributed by atoms with Crippen LogP contribution in [-0.2, 0) is 0 Å². The third-order valence-electron chi connectivity index (χ3n) is 4.14. The maximum absolute atomic E-state index is 3.63. The average molecular weight is 240 g/mol. The Bertz CT molecular complexity index is 232. The zero-order valence-electron chi connectivity index (χ0n) is 12.9. The van der Waals surface area contributed by atoms with Gasteiger partial charge in [0, 0.05) is 30.7 Å². The van der Waals surface area contributed by atoms with E-state index in [0.29, 0.717) is 6.04 Å². The van der Waals surface area contributed by atoms with Gasteiger partial charge in [-0.15, -0.1) is 0 Å². The number of rotatable bonds is 3. The molecule has 2 heteroatoms. The van der Waals surface area contributed by atoms with E-state index in [1.165, 1.54) is 13.0 Å². The van der Waals surface area contributed by atoms with Crippen LogP contribution in [0.4, 0.5) is 0 Å². The Hall–Kier alpha value is -0.0800. The zero-order valence-corrected chi connectivity index (χ0v) is 12.9. The van der Waals surface area contributed by atoms with Crippen LogP contribution in [0.15, 0.2) is 0 Å². The molecule has 0 saturated carbocycles. The number of nitrogens with one attached hydrogen (secondary N) is 1. The van der Waals surface area contributed by atoms with Crippen molar-refractivity contribution < 1.29 is 0 Å². The van der Waals surface area contributed by atoms with Gasteiger partial charge in [-0.2, -0.15) is 0 Å². The van der Waals surface area contributed by atoms with Crippen LogP contribution < -0.4 is 5.32 Å². The smallest absolute Gasteiger partial charge is 0.0195 e. The highest BCUT2D eigenvalue weighted by molar-refractivity contribution is 4.86. The minimum Gasteiger partial charge on any atom is -0.311 e. The lowest BCUT2D eigenvalue weighted by atomic mass is 9.85. The highest BCUT2D eigenvalue weighted by Crippen LogP contribution is 2.28. The first-order valence-electron chi connectivity index (χ1n) is 7.21. The van der Waals surface area contributed by atoms with Crippen LogP contribution in [0.2, 0.25) is 0 Å². The molecule has 1 saturated heterocycles. The summed E-state index contributed by atoms with van der Waals surface area (Å²) in [5.41, 5.74) is 0.227. The molecule has 1 heterocycles. The molecule has 0 spiro atoms. The monoisotopic (exact) mass is 240 g/mol. The van der Waals surface area contributed by atoms with Crippen LogP contribution in [0, 0.1) is 11.8 Å². The summed E-state index contributed by atoms with van der Waals surface area (Å²) in [5.74, 6) is 1.68. The highest BCUT2D eigenvalue weighted by atomic mass is 15.2. The molecule has 0 aromatic rings. The molecule has 1 N–H and O–H groups in total. The van der Waals surface area contributed by atoms with E-state index < -0.39 is 0 Å². The minimum absolute atomic E-state index is 0.227. The molecule has 17 heavy (non-hydrogen) atoms. The molecule has 1 aliphatic heterocycles. The number of piperidine rings is 1. The molecule has 1 fully saturated rings. The quantitative estimate of drug-likeness (QED) is 0.815. The first-order chi connectivity index (χ1) is 7.70. The second kappa shape index (κ2) is 5.71. The lowest BCUT2D eigenvalue weighted by Gasteiger charge is -2.45. The largest absolute Gasteiger partial charge is 0.311 e. The SMILES string of the molecule is CC1CC(C)C(C)N(C(C)CNC(C)(C)C)C1. The van der Waals surface area contributed by atoms with E-state index in [9.17, 15) is 0 Å². The first kappa shape index (κ1) is 15.0. The molecule has 0 aliphatic carbocycles. The normalized spacial score (nSPS) is 33.7. The lowest BCUT2D eigenvalue weighted by Crippen LogP contribution is -2.54. The Balaban J connectivity index is 2.52. The molecule has 1 aliphatic rings. The van der Waals surface area contributed by atoms with Crippen molar-refractivity contribution in [3.63, 3.8) is 0 Å².